The van der Waals surface area contributed by atoms with Gasteiger partial charge in [-0.05, 0) is 52.0 Å². The molecule has 1 aliphatic heterocycles. The van der Waals surface area contributed by atoms with Gasteiger partial charge in [0, 0.05) is 13.5 Å². The Labute approximate surface area is 285 Å². The van der Waals surface area contributed by atoms with Crippen LogP contribution in [0.4, 0.5) is 0 Å². The van der Waals surface area contributed by atoms with Gasteiger partial charge in [0.15, 0.2) is 26.5 Å². The minimum Gasteiger partial charge on any atom is -0.467 e. The van der Waals surface area contributed by atoms with Crippen molar-refractivity contribution in [3.8, 4) is 0 Å². The van der Waals surface area contributed by atoms with E-state index in [0.717, 1.165) is 0 Å². The first-order valence-electron chi connectivity index (χ1n) is 16.8. The van der Waals surface area contributed by atoms with Crippen molar-refractivity contribution >= 4 is 33.0 Å². The highest BCUT2D eigenvalue weighted by Crippen LogP contribution is 2.54. The lowest BCUT2D eigenvalue weighted by Gasteiger charge is -2.49. The first-order valence-corrected chi connectivity index (χ1v) is 21.6. The normalized spacial score (nSPS) is 24.0. The summed E-state index contributed by atoms with van der Waals surface area (Å²) in [5.74, 6) is 0.149. The Morgan fingerprint density at radius 1 is 0.915 bits per heavy atom. The minimum absolute atomic E-state index is 0.0282. The van der Waals surface area contributed by atoms with Gasteiger partial charge in [-0.3, -0.25) is 0 Å². The summed E-state index contributed by atoms with van der Waals surface area (Å²) in [5, 5.41) is 2.44. The smallest absolute Gasteiger partial charge is 0.335 e. The number of benzene rings is 2. The first kappa shape index (κ1) is 37.1. The van der Waals surface area contributed by atoms with Crippen molar-refractivity contribution in [1.82, 2.24) is 0 Å². The summed E-state index contributed by atoms with van der Waals surface area (Å²) in [4.78, 5) is 12.9. The van der Waals surface area contributed by atoms with Crippen LogP contribution in [0.5, 0.6) is 0 Å². The molecular formula is C39H56O6Si2. The second-order valence-electron chi connectivity index (χ2n) is 15.8. The van der Waals surface area contributed by atoms with Crippen LogP contribution in [0.25, 0.3) is 0 Å². The zero-order valence-electron chi connectivity index (χ0n) is 30.4. The lowest BCUT2D eigenvalue weighted by Crippen LogP contribution is -2.66. The Kier molecular flexibility index (Phi) is 11.0. The number of rotatable bonds is 12. The van der Waals surface area contributed by atoms with E-state index in [9.17, 15) is 4.79 Å². The fraction of sp³-hybridized carbons (Fsp3) is 0.513. The van der Waals surface area contributed by atoms with Crippen LogP contribution in [-0.4, -0.2) is 55.3 Å². The second-order valence-corrected chi connectivity index (χ2v) is 25.0. The predicted molar refractivity (Wildman–Crippen MR) is 196 cm³/mol. The number of carbonyl (C=O) groups is 1. The molecule has 0 aromatic heterocycles. The van der Waals surface area contributed by atoms with Crippen LogP contribution in [0.3, 0.4) is 0 Å². The molecule has 0 amide bonds. The van der Waals surface area contributed by atoms with Crippen molar-refractivity contribution in [2.24, 2.45) is 11.3 Å². The van der Waals surface area contributed by atoms with Crippen molar-refractivity contribution in [3.63, 3.8) is 0 Å². The van der Waals surface area contributed by atoms with Gasteiger partial charge in [-0.25, -0.2) is 4.79 Å². The lowest BCUT2D eigenvalue weighted by atomic mass is 9.62. The van der Waals surface area contributed by atoms with Crippen LogP contribution in [0.1, 0.15) is 61.8 Å². The topological polar surface area (TPSA) is 63.2 Å². The van der Waals surface area contributed by atoms with E-state index in [0.29, 0.717) is 25.4 Å². The summed E-state index contributed by atoms with van der Waals surface area (Å²) < 4.78 is 31.5. The largest absolute Gasteiger partial charge is 0.467 e. The number of esters is 1. The molecule has 0 saturated carbocycles. The third kappa shape index (κ3) is 7.32. The van der Waals surface area contributed by atoms with Crippen LogP contribution >= 0.6 is 0 Å². The van der Waals surface area contributed by atoms with Gasteiger partial charge in [-0.1, -0.05) is 127 Å². The second kappa shape index (κ2) is 14.0. The van der Waals surface area contributed by atoms with E-state index < -0.39 is 33.6 Å². The fourth-order valence-corrected chi connectivity index (χ4v) is 12.3. The summed E-state index contributed by atoms with van der Waals surface area (Å²) >= 11 is 0. The maximum atomic E-state index is 12.9. The molecule has 1 aliphatic carbocycles. The molecule has 0 saturated heterocycles. The van der Waals surface area contributed by atoms with Gasteiger partial charge in [0.2, 0.25) is 0 Å². The molecule has 0 unspecified atom stereocenters. The van der Waals surface area contributed by atoms with Crippen LogP contribution in [0.2, 0.25) is 23.2 Å². The van der Waals surface area contributed by atoms with Gasteiger partial charge in [-0.15, -0.1) is 0 Å². The van der Waals surface area contributed by atoms with E-state index in [4.69, 9.17) is 23.1 Å². The Hall–Kier alpha value is -2.76. The van der Waals surface area contributed by atoms with Gasteiger partial charge >= 0.3 is 5.97 Å². The number of hydrogen-bond donors (Lipinski definition) is 0. The molecule has 2 aromatic carbocycles. The van der Waals surface area contributed by atoms with Crippen LogP contribution in [-0.2, 0) is 27.9 Å². The van der Waals surface area contributed by atoms with Crippen molar-refractivity contribution in [2.45, 2.75) is 90.6 Å². The van der Waals surface area contributed by atoms with Crippen molar-refractivity contribution in [3.05, 3.63) is 96.3 Å². The molecule has 0 bridgehead atoms. The van der Waals surface area contributed by atoms with Gasteiger partial charge in [0.05, 0.1) is 24.7 Å². The van der Waals surface area contributed by atoms with E-state index in [-0.39, 0.29) is 22.8 Å². The molecule has 0 radical (unpaired) electrons. The third-order valence-electron chi connectivity index (χ3n) is 10.5. The summed E-state index contributed by atoms with van der Waals surface area (Å²) in [6.45, 7) is 23.4. The zero-order valence-corrected chi connectivity index (χ0v) is 32.4. The highest BCUT2D eigenvalue weighted by Gasteiger charge is 2.59. The summed E-state index contributed by atoms with van der Waals surface area (Å²) in [6, 6.07) is 21.4. The van der Waals surface area contributed by atoms with Crippen molar-refractivity contribution < 1.29 is 27.9 Å². The van der Waals surface area contributed by atoms with E-state index in [2.05, 4.69) is 147 Å². The van der Waals surface area contributed by atoms with Crippen LogP contribution in [0.15, 0.2) is 96.3 Å². The zero-order chi connectivity index (χ0) is 34.7. The molecular weight excluding hydrogens is 621 g/mol. The molecule has 256 valence electrons. The minimum atomic E-state index is -2.77. The van der Waals surface area contributed by atoms with E-state index in [1.54, 1.807) is 7.11 Å². The molecule has 4 rings (SSSR count). The average molecular weight is 677 g/mol. The van der Waals surface area contributed by atoms with Gasteiger partial charge in [0.25, 0.3) is 8.32 Å². The number of ether oxygens (including phenoxy) is 3. The number of hydrogen-bond acceptors (Lipinski definition) is 6. The molecule has 1 spiro atoms. The fourth-order valence-electron chi connectivity index (χ4n) is 6.79. The number of carbonyl (C=O) groups excluding carboxylic acids is 1. The summed E-state index contributed by atoms with van der Waals surface area (Å²) in [5.41, 5.74) is -0.571. The van der Waals surface area contributed by atoms with Gasteiger partial charge < -0.3 is 23.1 Å². The Bertz CT molecular complexity index is 1430. The maximum Gasteiger partial charge on any atom is 0.335 e. The quantitative estimate of drug-likeness (QED) is 0.0986. The first-order chi connectivity index (χ1) is 21.9. The van der Waals surface area contributed by atoms with E-state index in [1.807, 2.05) is 0 Å². The molecule has 0 N–H and O–H groups in total. The molecule has 2 aromatic rings. The number of methoxy groups -OCH3 is 1. The molecule has 1 heterocycles. The maximum absolute atomic E-state index is 12.9. The Morgan fingerprint density at radius 2 is 1.49 bits per heavy atom. The molecule has 3 atom stereocenters. The molecule has 8 heteroatoms. The van der Waals surface area contributed by atoms with E-state index >= 15 is 0 Å². The average Bonchev–Trinajstić information content (AvgIpc) is 3.32. The third-order valence-corrected chi connectivity index (χ3v) is 20.0. The highest BCUT2D eigenvalue weighted by molar-refractivity contribution is 6.99. The van der Waals surface area contributed by atoms with E-state index in [1.165, 1.54) is 22.0 Å². The standard InChI is InChI=1S/C39H56O6Si2/c1-30-26-39(34(42-29-41-9)25-35(40)45-39)38(8,23-18-24-43-46(10,11)36(2,3)4)27-31(30)28-44-47(37(5,6)7,32-19-14-12-15-20-32)33-21-16-13-17-22-33/h12-23,25,27,30H,24,26,28-29H2,1-11H3/b23-18+/t30-,38+,39+/m1/s1. The molecule has 2 aliphatic rings. The predicted octanol–water partition coefficient (Wildman–Crippen LogP) is 7.91. The highest BCUT2D eigenvalue weighted by atomic mass is 28.4. The Morgan fingerprint density at radius 3 is 2.00 bits per heavy atom. The lowest BCUT2D eigenvalue weighted by molar-refractivity contribution is -0.161. The van der Waals surface area contributed by atoms with Gasteiger partial charge in [0.1, 0.15) is 0 Å². The molecule has 0 fully saturated rings. The summed E-state index contributed by atoms with van der Waals surface area (Å²) in [6.07, 6.45) is 8.49. The SMILES string of the molecule is COCOC1=CC(=O)O[C@@]12C[C@@H](C)C(CO[Si](c1ccccc1)(c1ccccc1)C(C)(C)C)=C[C@]2(C)/C=C/CO[Si](C)(C)C(C)(C)C. The van der Waals surface area contributed by atoms with Gasteiger partial charge in [-0.2, -0.15) is 0 Å². The molecule has 47 heavy (non-hydrogen) atoms. The van der Waals surface area contributed by atoms with Crippen molar-refractivity contribution in [1.29, 1.82) is 0 Å². The summed E-state index contributed by atoms with van der Waals surface area (Å²) in [7, 11) is -3.16. The van der Waals surface area contributed by atoms with Crippen molar-refractivity contribution in [2.75, 3.05) is 27.1 Å². The van der Waals surface area contributed by atoms with Crippen LogP contribution < -0.4 is 10.4 Å². The monoisotopic (exact) mass is 676 g/mol. The Balaban J connectivity index is 1.78. The molecule has 6 nitrogen and oxygen atoms in total. The van der Waals surface area contributed by atoms with Crippen LogP contribution in [0, 0.1) is 11.3 Å².